The molecule has 0 saturated carbocycles. The summed E-state index contributed by atoms with van der Waals surface area (Å²) in [6.45, 7) is 7.53. The van der Waals surface area contributed by atoms with E-state index in [9.17, 15) is 0 Å². The second-order valence-electron chi connectivity index (χ2n) is 2.84. The van der Waals surface area contributed by atoms with Crippen LogP contribution in [0.15, 0.2) is 47.8 Å². The monoisotopic (exact) mass is 202 g/mol. The zero-order valence-electron chi connectivity index (χ0n) is 8.31. The maximum Gasteiger partial charge on any atom is 0.00424 e. The van der Waals surface area contributed by atoms with Gasteiger partial charge in [-0.3, -0.25) is 0 Å². The van der Waals surface area contributed by atoms with Gasteiger partial charge in [0.15, 0.2) is 0 Å². The average Bonchev–Trinajstić information content (AvgIpc) is 2.72. The Morgan fingerprint density at radius 1 is 1.07 bits per heavy atom. The first kappa shape index (κ1) is 11.0. The lowest BCUT2D eigenvalue weighted by molar-refractivity contribution is 1.19. The number of rotatable bonds is 1. The summed E-state index contributed by atoms with van der Waals surface area (Å²) in [5.41, 5.74) is 0.822. The highest BCUT2D eigenvalue weighted by atomic mass is 32.1. The van der Waals surface area contributed by atoms with Gasteiger partial charge in [0.25, 0.3) is 0 Å². The van der Waals surface area contributed by atoms with Crippen molar-refractivity contribution in [3.8, 4) is 0 Å². The predicted molar refractivity (Wildman–Crippen MR) is 63.5 cm³/mol. The first-order chi connectivity index (χ1) is 6.83. The van der Waals surface area contributed by atoms with E-state index in [1.54, 1.807) is 0 Å². The maximum atomic E-state index is 5.36. The highest BCUT2D eigenvalue weighted by Gasteiger charge is 1.82. The van der Waals surface area contributed by atoms with Crippen LogP contribution in [0.2, 0.25) is 0 Å². The molecule has 1 heteroatoms. The van der Waals surface area contributed by atoms with Crippen molar-refractivity contribution in [2.75, 3.05) is 0 Å². The van der Waals surface area contributed by atoms with Crippen LogP contribution >= 0.6 is 11.3 Å². The van der Waals surface area contributed by atoms with E-state index >= 15 is 0 Å². The van der Waals surface area contributed by atoms with Crippen LogP contribution in [0.25, 0.3) is 0 Å². The van der Waals surface area contributed by atoms with Crippen molar-refractivity contribution in [2.45, 2.75) is 13.3 Å². The summed E-state index contributed by atoms with van der Waals surface area (Å²) in [5, 5.41) is 2.11. The van der Waals surface area contributed by atoms with Crippen LogP contribution in [0.4, 0.5) is 0 Å². The van der Waals surface area contributed by atoms with Gasteiger partial charge in [0.2, 0.25) is 0 Å². The van der Waals surface area contributed by atoms with Crippen LogP contribution in [-0.2, 0) is 6.42 Å². The highest BCUT2D eigenvalue weighted by Crippen LogP contribution is 2.07. The van der Waals surface area contributed by atoms with Gasteiger partial charge in [0, 0.05) is 4.88 Å². The normalized spacial score (nSPS) is 9.00. The quantitative estimate of drug-likeness (QED) is 0.654. The molecule has 0 aliphatic carbocycles. The first-order valence-corrected chi connectivity index (χ1v) is 5.53. The van der Waals surface area contributed by atoms with Gasteiger partial charge in [0.1, 0.15) is 0 Å². The van der Waals surface area contributed by atoms with Crippen molar-refractivity contribution >= 4 is 11.3 Å². The Morgan fingerprint density at radius 3 is 2.07 bits per heavy atom. The summed E-state index contributed by atoms with van der Waals surface area (Å²) in [7, 11) is 0. The van der Waals surface area contributed by atoms with E-state index in [4.69, 9.17) is 6.92 Å². The molecule has 2 rings (SSSR count). The summed E-state index contributed by atoms with van der Waals surface area (Å²) >= 11 is 1.82. The van der Waals surface area contributed by atoms with Crippen LogP contribution in [-0.4, -0.2) is 0 Å². The minimum Gasteiger partial charge on any atom is -0.149 e. The second kappa shape index (κ2) is 6.39. The molecule has 1 aromatic heterocycles. The molecule has 0 N–H and O–H groups in total. The summed E-state index contributed by atoms with van der Waals surface area (Å²) in [6.07, 6.45) is 1.18. The Bertz CT molecular complexity index is 321. The molecule has 0 aliphatic heterocycles. The Balaban J connectivity index is 0.000000140. The third kappa shape index (κ3) is 4.24. The van der Waals surface area contributed by atoms with Crippen molar-refractivity contribution in [2.24, 2.45) is 0 Å². The van der Waals surface area contributed by atoms with Gasteiger partial charge in [0.05, 0.1) is 0 Å². The zero-order valence-corrected chi connectivity index (χ0v) is 9.13. The zero-order chi connectivity index (χ0) is 10.2. The molecule has 72 valence electrons. The fraction of sp³-hybridized carbons (Fsp3) is 0.154. The Kier molecular flexibility index (Phi) is 5.02. The van der Waals surface area contributed by atoms with Crippen molar-refractivity contribution in [1.29, 1.82) is 0 Å². The van der Waals surface area contributed by atoms with E-state index in [2.05, 4.69) is 24.4 Å². The van der Waals surface area contributed by atoms with Gasteiger partial charge in [-0.15, -0.1) is 11.3 Å². The smallest absolute Gasteiger partial charge is 0.00424 e. The van der Waals surface area contributed by atoms with E-state index < -0.39 is 0 Å². The number of hydrogen-bond donors (Lipinski definition) is 0. The predicted octanol–water partition coefficient (Wildman–Crippen LogP) is 4.06. The molecular formula is C13H14S. The average molecular weight is 202 g/mol. The third-order valence-corrected chi connectivity index (χ3v) is 2.75. The minimum atomic E-state index is 0.822. The molecule has 0 saturated heterocycles. The van der Waals surface area contributed by atoms with Crippen LogP contribution in [0.5, 0.6) is 0 Å². The first-order valence-electron chi connectivity index (χ1n) is 4.66. The maximum absolute atomic E-state index is 5.36. The van der Waals surface area contributed by atoms with Gasteiger partial charge in [-0.25, -0.2) is 0 Å². The molecule has 0 unspecified atom stereocenters. The number of hydrogen-bond acceptors (Lipinski definition) is 1. The Hall–Kier alpha value is -1.08. The fourth-order valence-electron chi connectivity index (χ4n) is 0.967. The topological polar surface area (TPSA) is 0 Å². The molecule has 14 heavy (non-hydrogen) atoms. The van der Waals surface area contributed by atoms with Gasteiger partial charge in [-0.1, -0.05) is 43.3 Å². The van der Waals surface area contributed by atoms with E-state index in [1.807, 2.05) is 41.7 Å². The van der Waals surface area contributed by atoms with Gasteiger partial charge >= 0.3 is 0 Å². The molecule has 0 fully saturated rings. The molecule has 2 radical (unpaired) electrons. The highest BCUT2D eigenvalue weighted by molar-refractivity contribution is 7.09. The molecule has 0 bridgehead atoms. The fourth-order valence-corrected chi connectivity index (χ4v) is 1.62. The molecule has 1 heterocycles. The van der Waals surface area contributed by atoms with Crippen LogP contribution < -0.4 is 0 Å². The van der Waals surface area contributed by atoms with Crippen LogP contribution in [0.3, 0.4) is 0 Å². The van der Waals surface area contributed by atoms with Crippen molar-refractivity contribution in [3.05, 3.63) is 65.2 Å². The van der Waals surface area contributed by atoms with E-state index in [-0.39, 0.29) is 0 Å². The summed E-state index contributed by atoms with van der Waals surface area (Å²) in [6, 6.07) is 13.7. The third-order valence-electron chi connectivity index (χ3n) is 1.73. The molecule has 1 aromatic carbocycles. The van der Waals surface area contributed by atoms with E-state index in [0.717, 1.165) is 5.56 Å². The SMILES string of the molecule is CCc1cccs1.[CH]c1ccccc1. The Morgan fingerprint density at radius 2 is 1.79 bits per heavy atom. The lowest BCUT2D eigenvalue weighted by atomic mass is 10.2. The van der Waals surface area contributed by atoms with Gasteiger partial charge in [-0.05, 0) is 30.4 Å². The molecule has 0 aliphatic rings. The standard InChI is InChI=1S/C7H6.C6H8S/c1-7-5-3-2-4-6-7;1-2-6-4-3-5-7-6/h1-6H;3-5H,2H2,1H3. The van der Waals surface area contributed by atoms with Crippen LogP contribution in [0.1, 0.15) is 17.4 Å². The molecule has 0 spiro atoms. The lowest BCUT2D eigenvalue weighted by Crippen LogP contribution is -1.63. The van der Waals surface area contributed by atoms with E-state index in [1.165, 1.54) is 11.3 Å². The molecular weight excluding hydrogens is 188 g/mol. The lowest BCUT2D eigenvalue weighted by Gasteiger charge is -1.82. The second-order valence-corrected chi connectivity index (χ2v) is 3.88. The number of aryl methyl sites for hydroxylation is 1. The number of thiophene rings is 1. The Labute approximate surface area is 90.2 Å². The number of benzene rings is 1. The van der Waals surface area contributed by atoms with Crippen molar-refractivity contribution in [3.63, 3.8) is 0 Å². The largest absolute Gasteiger partial charge is 0.149 e. The molecule has 0 amide bonds. The van der Waals surface area contributed by atoms with Gasteiger partial charge < -0.3 is 0 Å². The van der Waals surface area contributed by atoms with Crippen molar-refractivity contribution in [1.82, 2.24) is 0 Å². The van der Waals surface area contributed by atoms with Crippen LogP contribution in [0, 0.1) is 6.92 Å². The van der Waals surface area contributed by atoms with Crippen molar-refractivity contribution < 1.29 is 0 Å². The van der Waals surface area contributed by atoms with E-state index in [0.29, 0.717) is 0 Å². The summed E-state index contributed by atoms with van der Waals surface area (Å²) in [4.78, 5) is 1.47. The molecule has 0 atom stereocenters. The summed E-state index contributed by atoms with van der Waals surface area (Å²) in [5.74, 6) is 0. The minimum absolute atomic E-state index is 0.822. The van der Waals surface area contributed by atoms with Gasteiger partial charge in [-0.2, -0.15) is 0 Å². The molecule has 0 nitrogen and oxygen atoms in total. The molecule has 2 aromatic rings. The summed E-state index contributed by atoms with van der Waals surface area (Å²) < 4.78 is 0.